The average Bonchev–Trinajstić information content (AvgIpc) is 2.91. The zero-order valence-corrected chi connectivity index (χ0v) is 13.0. The van der Waals surface area contributed by atoms with E-state index in [-0.39, 0.29) is 5.91 Å². The third-order valence-corrected chi connectivity index (χ3v) is 4.41. The molecule has 0 saturated heterocycles. The average molecular weight is 291 g/mol. The second kappa shape index (κ2) is 6.13. The lowest BCUT2D eigenvalue weighted by Crippen LogP contribution is -2.25. The molecule has 0 aliphatic heterocycles. The number of anilines is 1. The zero-order valence-electron chi connectivity index (χ0n) is 12.2. The number of nitrogens with two attached hydrogens (primary N) is 1. The Kier molecular flexibility index (Phi) is 4.49. The Labute approximate surface area is 123 Å². The van der Waals surface area contributed by atoms with Crippen LogP contribution in [0.25, 0.3) is 0 Å². The predicted octanol–water partition coefficient (Wildman–Crippen LogP) is 3.09. The molecular formula is C15H21N3OS. The number of nitrogens with zero attached hydrogens (tertiary/aromatic N) is 1. The number of carbonyl (C=O) groups excluding carboxylic acids is 1. The summed E-state index contributed by atoms with van der Waals surface area (Å²) in [5, 5.41) is 2.96. The van der Waals surface area contributed by atoms with Gasteiger partial charge in [-0.3, -0.25) is 4.79 Å². The molecule has 0 radical (unpaired) electrons. The lowest BCUT2D eigenvalue weighted by Gasteiger charge is -2.07. The Balaban J connectivity index is 2.04. The summed E-state index contributed by atoms with van der Waals surface area (Å²) in [5.74, 6) is -0.0705. The van der Waals surface area contributed by atoms with Gasteiger partial charge in [0.25, 0.3) is 5.91 Å². The summed E-state index contributed by atoms with van der Waals surface area (Å²) >= 11 is 1.72. The molecule has 5 heteroatoms. The van der Waals surface area contributed by atoms with Gasteiger partial charge in [-0.1, -0.05) is 6.92 Å². The highest BCUT2D eigenvalue weighted by molar-refractivity contribution is 7.12. The van der Waals surface area contributed by atoms with Crippen LogP contribution in [0, 0.1) is 13.8 Å². The molecule has 0 aromatic carbocycles. The van der Waals surface area contributed by atoms with Gasteiger partial charge in [-0.15, -0.1) is 11.3 Å². The molecule has 0 unspecified atom stereocenters. The van der Waals surface area contributed by atoms with Crippen molar-refractivity contribution in [3.63, 3.8) is 0 Å². The normalized spacial score (nSPS) is 10.8. The standard InChI is InChI=1S/C15H21N3OS/c1-4-5-18-9-12(16)7-14(18)15(19)17-8-13-6-10(2)11(3)20-13/h6-7,9H,4-5,8,16H2,1-3H3,(H,17,19). The predicted molar refractivity (Wildman–Crippen MR) is 84.1 cm³/mol. The summed E-state index contributed by atoms with van der Waals surface area (Å²) in [6.07, 6.45) is 2.79. The van der Waals surface area contributed by atoms with Gasteiger partial charge in [-0.25, -0.2) is 0 Å². The van der Waals surface area contributed by atoms with Crippen molar-refractivity contribution in [2.75, 3.05) is 5.73 Å². The number of carbonyl (C=O) groups is 1. The third kappa shape index (κ3) is 3.22. The summed E-state index contributed by atoms with van der Waals surface area (Å²) in [4.78, 5) is 14.7. The molecule has 0 atom stereocenters. The lowest BCUT2D eigenvalue weighted by atomic mass is 10.3. The number of rotatable bonds is 5. The summed E-state index contributed by atoms with van der Waals surface area (Å²) in [7, 11) is 0. The molecule has 2 heterocycles. The quantitative estimate of drug-likeness (QED) is 0.889. The first kappa shape index (κ1) is 14.7. The van der Waals surface area contributed by atoms with Gasteiger partial charge in [0, 0.05) is 22.5 Å². The molecule has 2 rings (SSSR count). The second-order valence-corrected chi connectivity index (χ2v) is 6.33. The van der Waals surface area contributed by atoms with Crippen molar-refractivity contribution in [1.29, 1.82) is 0 Å². The minimum absolute atomic E-state index is 0.0705. The van der Waals surface area contributed by atoms with Crippen LogP contribution in [0.1, 0.15) is 39.2 Å². The fourth-order valence-corrected chi connectivity index (χ4v) is 3.14. The molecule has 0 aliphatic carbocycles. The highest BCUT2D eigenvalue weighted by Gasteiger charge is 2.12. The van der Waals surface area contributed by atoms with Gasteiger partial charge < -0.3 is 15.6 Å². The minimum atomic E-state index is -0.0705. The smallest absolute Gasteiger partial charge is 0.268 e. The highest BCUT2D eigenvalue weighted by atomic mass is 32.1. The molecule has 4 nitrogen and oxygen atoms in total. The van der Waals surface area contributed by atoms with E-state index in [9.17, 15) is 4.79 Å². The number of thiophene rings is 1. The van der Waals surface area contributed by atoms with Gasteiger partial charge in [-0.2, -0.15) is 0 Å². The molecule has 1 amide bonds. The Morgan fingerprint density at radius 2 is 2.15 bits per heavy atom. The van der Waals surface area contributed by atoms with Crippen molar-refractivity contribution in [2.45, 2.75) is 40.3 Å². The van der Waals surface area contributed by atoms with Crippen molar-refractivity contribution >= 4 is 22.9 Å². The topological polar surface area (TPSA) is 60.0 Å². The summed E-state index contributed by atoms with van der Waals surface area (Å²) < 4.78 is 1.91. The fraction of sp³-hybridized carbons (Fsp3) is 0.400. The number of amides is 1. The van der Waals surface area contributed by atoms with E-state index in [2.05, 4.69) is 32.2 Å². The van der Waals surface area contributed by atoms with Crippen LogP contribution in [-0.2, 0) is 13.1 Å². The van der Waals surface area contributed by atoms with Crippen LogP contribution in [0.3, 0.4) is 0 Å². The number of nitrogen functional groups attached to an aromatic ring is 1. The van der Waals surface area contributed by atoms with E-state index in [0.717, 1.165) is 13.0 Å². The van der Waals surface area contributed by atoms with E-state index in [4.69, 9.17) is 5.73 Å². The molecule has 0 bridgehead atoms. The molecule has 0 fully saturated rings. The van der Waals surface area contributed by atoms with Crippen LogP contribution in [0.2, 0.25) is 0 Å². The maximum absolute atomic E-state index is 12.2. The van der Waals surface area contributed by atoms with Gasteiger partial charge in [0.2, 0.25) is 0 Å². The van der Waals surface area contributed by atoms with E-state index in [0.29, 0.717) is 17.9 Å². The lowest BCUT2D eigenvalue weighted by molar-refractivity contribution is 0.0942. The SMILES string of the molecule is CCCn1cc(N)cc1C(=O)NCc1cc(C)c(C)s1. The fourth-order valence-electron chi connectivity index (χ4n) is 2.14. The van der Waals surface area contributed by atoms with Crippen LogP contribution < -0.4 is 11.1 Å². The molecule has 0 spiro atoms. The summed E-state index contributed by atoms with van der Waals surface area (Å²) in [6.45, 7) is 7.63. The number of hydrogen-bond donors (Lipinski definition) is 2. The Bertz CT molecular complexity index is 593. The number of aryl methyl sites for hydroxylation is 3. The minimum Gasteiger partial charge on any atom is -0.397 e. The first-order valence-corrected chi connectivity index (χ1v) is 7.62. The maximum Gasteiger partial charge on any atom is 0.268 e. The van der Waals surface area contributed by atoms with E-state index in [1.54, 1.807) is 17.4 Å². The Hall–Kier alpha value is -1.75. The van der Waals surface area contributed by atoms with Crippen LogP contribution in [-0.4, -0.2) is 10.5 Å². The number of hydrogen-bond acceptors (Lipinski definition) is 3. The molecule has 0 aliphatic rings. The first-order valence-electron chi connectivity index (χ1n) is 6.81. The Morgan fingerprint density at radius 3 is 2.75 bits per heavy atom. The number of aromatic nitrogens is 1. The van der Waals surface area contributed by atoms with E-state index >= 15 is 0 Å². The van der Waals surface area contributed by atoms with Gasteiger partial charge in [0.15, 0.2) is 0 Å². The molecule has 0 saturated carbocycles. The maximum atomic E-state index is 12.2. The molecule has 108 valence electrons. The van der Waals surface area contributed by atoms with Gasteiger partial charge in [-0.05, 0) is 38.0 Å². The van der Waals surface area contributed by atoms with Crippen LogP contribution >= 0.6 is 11.3 Å². The monoisotopic (exact) mass is 291 g/mol. The number of nitrogens with one attached hydrogen (secondary N) is 1. The summed E-state index contributed by atoms with van der Waals surface area (Å²) in [6, 6.07) is 3.86. The zero-order chi connectivity index (χ0) is 14.7. The van der Waals surface area contributed by atoms with E-state index in [1.807, 2.05) is 10.8 Å². The van der Waals surface area contributed by atoms with Gasteiger partial charge in [0.05, 0.1) is 12.2 Å². The molecule has 3 N–H and O–H groups in total. The second-order valence-electron chi connectivity index (χ2n) is 4.99. The van der Waals surface area contributed by atoms with Crippen molar-refractivity contribution in [3.8, 4) is 0 Å². The summed E-state index contributed by atoms with van der Waals surface area (Å²) in [5.41, 5.74) is 8.32. The highest BCUT2D eigenvalue weighted by Crippen LogP contribution is 2.20. The van der Waals surface area contributed by atoms with Crippen LogP contribution in [0.5, 0.6) is 0 Å². The van der Waals surface area contributed by atoms with Crippen molar-refractivity contribution in [1.82, 2.24) is 9.88 Å². The van der Waals surface area contributed by atoms with Gasteiger partial charge >= 0.3 is 0 Å². The van der Waals surface area contributed by atoms with Crippen LogP contribution in [0.4, 0.5) is 5.69 Å². The largest absolute Gasteiger partial charge is 0.397 e. The van der Waals surface area contributed by atoms with E-state index < -0.39 is 0 Å². The van der Waals surface area contributed by atoms with Gasteiger partial charge in [0.1, 0.15) is 5.69 Å². The van der Waals surface area contributed by atoms with Crippen LogP contribution in [0.15, 0.2) is 18.3 Å². The van der Waals surface area contributed by atoms with Crippen molar-refractivity contribution in [3.05, 3.63) is 39.3 Å². The van der Waals surface area contributed by atoms with E-state index in [1.165, 1.54) is 15.3 Å². The molecular weight excluding hydrogens is 270 g/mol. The molecule has 2 aromatic heterocycles. The van der Waals surface area contributed by atoms with Crippen molar-refractivity contribution in [2.24, 2.45) is 0 Å². The first-order chi connectivity index (χ1) is 9.51. The van der Waals surface area contributed by atoms with Crippen molar-refractivity contribution < 1.29 is 4.79 Å². The molecule has 2 aromatic rings. The Morgan fingerprint density at radius 1 is 1.40 bits per heavy atom. The molecule has 20 heavy (non-hydrogen) atoms. The third-order valence-electron chi connectivity index (χ3n) is 3.26.